The summed E-state index contributed by atoms with van der Waals surface area (Å²) in [5.41, 5.74) is 0. The lowest BCUT2D eigenvalue weighted by Gasteiger charge is -2.25. The SMILES string of the molecule is O=[N+]([O-])CCC1CCCCCC(CCO)C1. The van der Waals surface area contributed by atoms with Crippen LogP contribution in [0.2, 0.25) is 0 Å². The first-order valence-corrected chi connectivity index (χ1v) is 6.45. The van der Waals surface area contributed by atoms with Crippen LogP contribution in [0.4, 0.5) is 0 Å². The van der Waals surface area contributed by atoms with Gasteiger partial charge in [0, 0.05) is 18.0 Å². The molecule has 1 rings (SSSR count). The Kier molecular flexibility index (Phi) is 6.38. The Balaban J connectivity index is 2.36. The summed E-state index contributed by atoms with van der Waals surface area (Å²) in [6.45, 7) is 0.364. The molecule has 0 radical (unpaired) electrons. The maximum absolute atomic E-state index is 10.4. The highest BCUT2D eigenvalue weighted by Gasteiger charge is 2.20. The fourth-order valence-corrected chi connectivity index (χ4v) is 2.74. The molecule has 4 nitrogen and oxygen atoms in total. The highest BCUT2D eigenvalue weighted by molar-refractivity contribution is 4.70. The molecule has 4 heteroatoms. The molecule has 0 aromatic carbocycles. The zero-order valence-corrected chi connectivity index (χ0v) is 9.94. The van der Waals surface area contributed by atoms with Crippen molar-refractivity contribution in [3.63, 3.8) is 0 Å². The molecule has 1 fully saturated rings. The molecular formula is C12H23NO3. The lowest BCUT2D eigenvalue weighted by molar-refractivity contribution is -0.481. The summed E-state index contributed by atoms with van der Waals surface area (Å²) in [5.74, 6) is 1.09. The van der Waals surface area contributed by atoms with Gasteiger partial charge < -0.3 is 5.11 Å². The number of aliphatic hydroxyl groups excluding tert-OH is 1. The predicted octanol–water partition coefficient (Wildman–Crippen LogP) is 2.62. The standard InChI is InChI=1S/C12H23NO3/c14-9-7-12-5-3-1-2-4-11(10-12)6-8-13(15)16/h11-12,14H,1-10H2. The summed E-state index contributed by atoms with van der Waals surface area (Å²) < 4.78 is 0. The van der Waals surface area contributed by atoms with E-state index in [9.17, 15) is 10.1 Å². The van der Waals surface area contributed by atoms with Gasteiger partial charge in [0.25, 0.3) is 0 Å². The Hall–Kier alpha value is -0.640. The first-order valence-electron chi connectivity index (χ1n) is 6.45. The van der Waals surface area contributed by atoms with Crippen molar-refractivity contribution in [3.05, 3.63) is 10.1 Å². The zero-order valence-electron chi connectivity index (χ0n) is 9.94. The van der Waals surface area contributed by atoms with Gasteiger partial charge in [-0.05, 0) is 24.7 Å². The van der Waals surface area contributed by atoms with E-state index in [0.29, 0.717) is 11.8 Å². The third-order valence-electron chi connectivity index (χ3n) is 3.65. The fraction of sp³-hybridized carbons (Fsp3) is 1.00. The lowest BCUT2D eigenvalue weighted by Crippen LogP contribution is -2.16. The largest absolute Gasteiger partial charge is 0.396 e. The van der Waals surface area contributed by atoms with E-state index in [4.69, 9.17) is 5.11 Å². The second-order valence-corrected chi connectivity index (χ2v) is 4.96. The minimum absolute atomic E-state index is 0.108. The van der Waals surface area contributed by atoms with Crippen molar-refractivity contribution in [2.45, 2.75) is 51.4 Å². The molecule has 1 aliphatic carbocycles. The first kappa shape index (κ1) is 13.4. The van der Waals surface area contributed by atoms with Gasteiger partial charge in [0.15, 0.2) is 0 Å². The molecule has 1 aliphatic rings. The molecule has 1 saturated carbocycles. The number of hydrogen-bond donors (Lipinski definition) is 1. The summed E-state index contributed by atoms with van der Waals surface area (Å²) in [4.78, 5) is 10.2. The van der Waals surface area contributed by atoms with E-state index in [1.165, 1.54) is 25.7 Å². The van der Waals surface area contributed by atoms with Gasteiger partial charge in [-0.1, -0.05) is 32.1 Å². The summed E-state index contributed by atoms with van der Waals surface area (Å²) in [6, 6.07) is 0. The zero-order chi connectivity index (χ0) is 11.8. The highest BCUT2D eigenvalue weighted by Crippen LogP contribution is 2.30. The highest BCUT2D eigenvalue weighted by atomic mass is 16.6. The third kappa shape index (κ3) is 5.45. The molecule has 94 valence electrons. The van der Waals surface area contributed by atoms with E-state index in [0.717, 1.165) is 25.7 Å². The predicted molar refractivity (Wildman–Crippen MR) is 62.9 cm³/mol. The maximum atomic E-state index is 10.4. The topological polar surface area (TPSA) is 63.4 Å². The molecule has 0 heterocycles. The monoisotopic (exact) mass is 229 g/mol. The normalized spacial score (nSPS) is 27.1. The number of nitrogens with zero attached hydrogens (tertiary/aromatic N) is 1. The van der Waals surface area contributed by atoms with Crippen molar-refractivity contribution < 1.29 is 10.0 Å². The molecule has 0 spiro atoms. The van der Waals surface area contributed by atoms with E-state index in [1.54, 1.807) is 0 Å². The van der Waals surface area contributed by atoms with Crippen molar-refractivity contribution in [2.75, 3.05) is 13.2 Å². The van der Waals surface area contributed by atoms with Crippen LogP contribution in [0.15, 0.2) is 0 Å². The minimum atomic E-state index is -0.209. The fourth-order valence-electron chi connectivity index (χ4n) is 2.74. The molecule has 2 atom stereocenters. The van der Waals surface area contributed by atoms with Gasteiger partial charge in [-0.25, -0.2) is 0 Å². The molecule has 2 unspecified atom stereocenters. The summed E-state index contributed by atoms with van der Waals surface area (Å²) in [7, 11) is 0. The Labute approximate surface area is 97.2 Å². The Morgan fingerprint density at radius 3 is 2.31 bits per heavy atom. The van der Waals surface area contributed by atoms with Crippen molar-refractivity contribution >= 4 is 0 Å². The smallest absolute Gasteiger partial charge is 0.204 e. The Morgan fingerprint density at radius 1 is 1.12 bits per heavy atom. The molecule has 16 heavy (non-hydrogen) atoms. The molecule has 0 aliphatic heterocycles. The second-order valence-electron chi connectivity index (χ2n) is 4.96. The van der Waals surface area contributed by atoms with Crippen molar-refractivity contribution in [1.82, 2.24) is 0 Å². The van der Waals surface area contributed by atoms with Gasteiger partial charge >= 0.3 is 0 Å². The molecular weight excluding hydrogens is 206 g/mol. The Morgan fingerprint density at radius 2 is 1.75 bits per heavy atom. The van der Waals surface area contributed by atoms with Crippen LogP contribution >= 0.6 is 0 Å². The van der Waals surface area contributed by atoms with E-state index < -0.39 is 0 Å². The van der Waals surface area contributed by atoms with Gasteiger partial charge in [0.1, 0.15) is 0 Å². The van der Waals surface area contributed by atoms with Gasteiger partial charge in [0.2, 0.25) is 6.54 Å². The van der Waals surface area contributed by atoms with E-state index in [2.05, 4.69) is 0 Å². The summed E-state index contributed by atoms with van der Waals surface area (Å²) in [5, 5.41) is 19.3. The van der Waals surface area contributed by atoms with Crippen molar-refractivity contribution in [1.29, 1.82) is 0 Å². The van der Waals surface area contributed by atoms with Crippen LogP contribution in [0.1, 0.15) is 51.4 Å². The van der Waals surface area contributed by atoms with Crippen LogP contribution in [-0.2, 0) is 0 Å². The second kappa shape index (κ2) is 7.60. The van der Waals surface area contributed by atoms with Crippen LogP contribution < -0.4 is 0 Å². The van der Waals surface area contributed by atoms with Crippen molar-refractivity contribution in [3.8, 4) is 0 Å². The average molecular weight is 229 g/mol. The molecule has 1 N–H and O–H groups in total. The van der Waals surface area contributed by atoms with Gasteiger partial charge in [-0.2, -0.15) is 0 Å². The number of rotatable bonds is 5. The van der Waals surface area contributed by atoms with Crippen LogP contribution in [0.5, 0.6) is 0 Å². The molecule has 0 saturated heterocycles. The van der Waals surface area contributed by atoms with Crippen LogP contribution in [0.25, 0.3) is 0 Å². The van der Waals surface area contributed by atoms with E-state index >= 15 is 0 Å². The van der Waals surface area contributed by atoms with Crippen molar-refractivity contribution in [2.24, 2.45) is 11.8 Å². The van der Waals surface area contributed by atoms with Gasteiger partial charge in [-0.3, -0.25) is 10.1 Å². The van der Waals surface area contributed by atoms with Crippen LogP contribution in [0.3, 0.4) is 0 Å². The van der Waals surface area contributed by atoms with Crippen LogP contribution in [0, 0.1) is 22.0 Å². The summed E-state index contributed by atoms with van der Waals surface area (Å²) >= 11 is 0. The number of hydrogen-bond acceptors (Lipinski definition) is 3. The third-order valence-corrected chi connectivity index (χ3v) is 3.65. The quantitative estimate of drug-likeness (QED) is 0.582. The first-order chi connectivity index (χ1) is 7.72. The molecule has 0 bridgehead atoms. The lowest BCUT2D eigenvalue weighted by atomic mass is 9.81. The average Bonchev–Trinajstić information content (AvgIpc) is 2.20. The molecule has 0 amide bonds. The maximum Gasteiger partial charge on any atom is 0.204 e. The number of nitro groups is 1. The Bertz CT molecular complexity index is 208. The van der Waals surface area contributed by atoms with Gasteiger partial charge in [-0.15, -0.1) is 0 Å². The van der Waals surface area contributed by atoms with Gasteiger partial charge in [0.05, 0.1) is 0 Å². The molecule has 0 aromatic rings. The minimum Gasteiger partial charge on any atom is -0.396 e. The molecule has 0 aromatic heterocycles. The number of aliphatic hydroxyl groups is 1. The van der Waals surface area contributed by atoms with Crippen LogP contribution in [-0.4, -0.2) is 23.2 Å². The van der Waals surface area contributed by atoms with E-state index in [-0.39, 0.29) is 18.1 Å². The summed E-state index contributed by atoms with van der Waals surface area (Å²) in [6.07, 6.45) is 8.71. The van der Waals surface area contributed by atoms with E-state index in [1.807, 2.05) is 0 Å².